The van der Waals surface area contributed by atoms with Gasteiger partial charge in [0.1, 0.15) is 6.10 Å². The number of amides is 2. The second kappa shape index (κ2) is 8.41. The highest BCUT2D eigenvalue weighted by Gasteiger charge is 2.27. The van der Waals surface area contributed by atoms with E-state index in [-0.39, 0.29) is 23.8 Å². The third-order valence-corrected chi connectivity index (χ3v) is 6.32. The number of hydrogen-bond donors (Lipinski definition) is 2. The number of likely N-dealkylation sites (tertiary alicyclic amines) is 1. The second-order valence-electron chi connectivity index (χ2n) is 8.36. The maximum absolute atomic E-state index is 13.0. The fraction of sp³-hybridized carbons (Fsp3) is 0.375. The Morgan fingerprint density at radius 2 is 1.87 bits per heavy atom. The van der Waals surface area contributed by atoms with Gasteiger partial charge in [0.05, 0.1) is 17.4 Å². The molecule has 0 spiro atoms. The van der Waals surface area contributed by atoms with Crippen LogP contribution in [0.3, 0.4) is 0 Å². The monoisotopic (exact) mass is 418 g/mol. The minimum Gasteiger partial charge on any atom is -0.474 e. The third-order valence-electron chi connectivity index (χ3n) is 6.32. The molecule has 1 aromatic carbocycles. The van der Waals surface area contributed by atoms with Gasteiger partial charge in [0.15, 0.2) is 0 Å². The third kappa shape index (κ3) is 4.13. The number of aromatic nitrogens is 2. The van der Waals surface area contributed by atoms with E-state index in [1.807, 2.05) is 35.2 Å². The van der Waals surface area contributed by atoms with Crippen LogP contribution in [0.2, 0.25) is 0 Å². The van der Waals surface area contributed by atoms with Crippen molar-refractivity contribution in [1.29, 1.82) is 0 Å². The van der Waals surface area contributed by atoms with E-state index in [1.54, 1.807) is 18.5 Å². The Balaban J connectivity index is 1.14. The number of nitrogens with zero attached hydrogens (tertiary/aromatic N) is 2. The molecule has 2 fully saturated rings. The van der Waals surface area contributed by atoms with Crippen LogP contribution >= 0.6 is 0 Å². The lowest BCUT2D eigenvalue weighted by Crippen LogP contribution is -2.41. The number of carbonyl (C=O) groups is 2. The van der Waals surface area contributed by atoms with E-state index < -0.39 is 0 Å². The second-order valence-corrected chi connectivity index (χ2v) is 8.36. The minimum atomic E-state index is 0.0231. The number of nitrogens with one attached hydrogen (secondary N) is 2. The smallest absolute Gasteiger partial charge is 0.256 e. The highest BCUT2D eigenvalue weighted by molar-refractivity contribution is 6.06. The molecule has 2 aliphatic rings. The van der Waals surface area contributed by atoms with Crippen LogP contribution in [0, 0.1) is 5.92 Å². The van der Waals surface area contributed by atoms with Crippen LogP contribution in [0.1, 0.15) is 42.5 Å². The number of rotatable bonds is 5. The molecule has 160 valence electrons. The summed E-state index contributed by atoms with van der Waals surface area (Å²) in [7, 11) is 0. The highest BCUT2D eigenvalue weighted by atomic mass is 16.5. The molecule has 1 aliphatic heterocycles. The van der Waals surface area contributed by atoms with Crippen LogP contribution in [0.4, 0.5) is 5.69 Å². The van der Waals surface area contributed by atoms with E-state index in [2.05, 4.69) is 15.3 Å². The molecule has 0 atom stereocenters. The maximum atomic E-state index is 13.0. The molecular formula is C24H26N4O3. The topological polar surface area (TPSA) is 87.3 Å². The zero-order chi connectivity index (χ0) is 21.2. The molecule has 1 aliphatic carbocycles. The molecule has 7 heteroatoms. The van der Waals surface area contributed by atoms with Crippen molar-refractivity contribution in [2.24, 2.45) is 5.92 Å². The van der Waals surface area contributed by atoms with Gasteiger partial charge in [-0.3, -0.25) is 9.59 Å². The summed E-state index contributed by atoms with van der Waals surface area (Å²) in [6.45, 7) is 1.30. The Kier molecular flexibility index (Phi) is 5.32. The summed E-state index contributed by atoms with van der Waals surface area (Å²) in [4.78, 5) is 34.4. The Hall–Kier alpha value is -3.35. The average Bonchev–Trinajstić information content (AvgIpc) is 3.18. The fourth-order valence-electron chi connectivity index (χ4n) is 4.21. The van der Waals surface area contributed by atoms with Crippen molar-refractivity contribution < 1.29 is 14.3 Å². The van der Waals surface area contributed by atoms with Crippen molar-refractivity contribution in [1.82, 2.24) is 14.9 Å². The zero-order valence-corrected chi connectivity index (χ0v) is 17.3. The van der Waals surface area contributed by atoms with Gasteiger partial charge >= 0.3 is 0 Å². The summed E-state index contributed by atoms with van der Waals surface area (Å²) >= 11 is 0. The Morgan fingerprint density at radius 3 is 2.58 bits per heavy atom. The van der Waals surface area contributed by atoms with Gasteiger partial charge in [-0.15, -0.1) is 0 Å². The summed E-state index contributed by atoms with van der Waals surface area (Å²) in [6, 6.07) is 11.5. The van der Waals surface area contributed by atoms with Crippen molar-refractivity contribution in [3.05, 3.63) is 54.4 Å². The molecule has 2 aromatic heterocycles. The number of H-pyrrole nitrogens is 1. The Labute approximate surface area is 180 Å². The van der Waals surface area contributed by atoms with Crippen molar-refractivity contribution >= 4 is 28.4 Å². The predicted molar refractivity (Wildman–Crippen MR) is 118 cm³/mol. The van der Waals surface area contributed by atoms with E-state index in [0.717, 1.165) is 48.6 Å². The van der Waals surface area contributed by atoms with Gasteiger partial charge in [0, 0.05) is 55.0 Å². The summed E-state index contributed by atoms with van der Waals surface area (Å²) in [5, 5.41) is 3.87. The first kappa shape index (κ1) is 19.6. The van der Waals surface area contributed by atoms with E-state index >= 15 is 0 Å². The number of fused-ring (bicyclic) bond motifs is 1. The maximum Gasteiger partial charge on any atom is 0.256 e. The van der Waals surface area contributed by atoms with Gasteiger partial charge in [-0.25, -0.2) is 4.98 Å². The van der Waals surface area contributed by atoms with Crippen molar-refractivity contribution in [2.75, 3.05) is 18.4 Å². The van der Waals surface area contributed by atoms with E-state index in [9.17, 15) is 9.59 Å². The van der Waals surface area contributed by atoms with Crippen LogP contribution in [0.5, 0.6) is 5.88 Å². The van der Waals surface area contributed by atoms with Gasteiger partial charge in [-0.1, -0.05) is 24.6 Å². The van der Waals surface area contributed by atoms with Gasteiger partial charge in [-0.05, 0) is 25.0 Å². The Morgan fingerprint density at radius 1 is 1.06 bits per heavy atom. The number of aromatic amines is 1. The summed E-state index contributed by atoms with van der Waals surface area (Å²) in [5.74, 6) is 0.825. The normalized spacial score (nSPS) is 17.4. The molecule has 31 heavy (non-hydrogen) atoms. The summed E-state index contributed by atoms with van der Waals surface area (Å²) in [6.07, 6.45) is 8.06. The number of anilines is 1. The first-order chi connectivity index (χ1) is 15.2. The van der Waals surface area contributed by atoms with Crippen molar-refractivity contribution in [3.63, 3.8) is 0 Å². The molecule has 1 saturated carbocycles. The van der Waals surface area contributed by atoms with Gasteiger partial charge in [0.2, 0.25) is 11.8 Å². The largest absolute Gasteiger partial charge is 0.474 e. The quantitative estimate of drug-likeness (QED) is 0.656. The van der Waals surface area contributed by atoms with Crippen LogP contribution in [0.15, 0.2) is 48.8 Å². The van der Waals surface area contributed by atoms with Crippen LogP contribution in [-0.4, -0.2) is 45.9 Å². The summed E-state index contributed by atoms with van der Waals surface area (Å²) < 4.78 is 6.02. The Bertz CT molecular complexity index is 1080. The van der Waals surface area contributed by atoms with Gasteiger partial charge < -0.3 is 19.9 Å². The lowest BCUT2D eigenvalue weighted by atomic mass is 9.85. The molecule has 3 aromatic rings. The molecule has 5 rings (SSSR count). The van der Waals surface area contributed by atoms with Crippen LogP contribution < -0.4 is 10.1 Å². The van der Waals surface area contributed by atoms with Gasteiger partial charge in [0.25, 0.3) is 5.91 Å². The fourth-order valence-corrected chi connectivity index (χ4v) is 4.21. The van der Waals surface area contributed by atoms with Crippen LogP contribution in [0.25, 0.3) is 10.9 Å². The average molecular weight is 418 g/mol. The highest BCUT2D eigenvalue weighted by Crippen LogP contribution is 2.28. The lowest BCUT2D eigenvalue weighted by Gasteiger charge is -2.32. The van der Waals surface area contributed by atoms with Crippen molar-refractivity contribution in [3.8, 4) is 5.88 Å². The number of carbonyl (C=O) groups excluding carboxylic acids is 2. The number of piperidine rings is 1. The SMILES string of the molecule is O=C(Nc1ccc(OC2CCN(C(=O)c3c[nH]c4ccccc34)CC2)nc1)C1CCC1. The van der Waals surface area contributed by atoms with Gasteiger partial charge in [-0.2, -0.15) is 0 Å². The standard InChI is InChI=1S/C24H26N4O3/c29-23(16-4-3-5-16)27-17-8-9-22(26-14-17)31-18-10-12-28(13-11-18)24(30)20-15-25-21-7-2-1-6-19(20)21/h1-2,6-9,14-16,18,25H,3-5,10-13H2,(H,27,29). The molecular weight excluding hydrogens is 392 g/mol. The predicted octanol–water partition coefficient (Wildman–Crippen LogP) is 3.99. The van der Waals surface area contributed by atoms with Crippen molar-refractivity contribution in [2.45, 2.75) is 38.2 Å². The molecule has 2 N–H and O–H groups in total. The summed E-state index contributed by atoms with van der Waals surface area (Å²) in [5.41, 5.74) is 2.39. The number of pyridine rings is 1. The van der Waals surface area contributed by atoms with E-state index in [1.165, 1.54) is 0 Å². The number of para-hydroxylation sites is 1. The first-order valence-corrected chi connectivity index (χ1v) is 11.0. The van der Waals surface area contributed by atoms with Crippen LogP contribution in [-0.2, 0) is 4.79 Å². The zero-order valence-electron chi connectivity index (χ0n) is 17.3. The molecule has 2 amide bonds. The molecule has 0 unspecified atom stereocenters. The van der Waals surface area contributed by atoms with E-state index in [0.29, 0.717) is 24.7 Å². The number of benzene rings is 1. The molecule has 0 radical (unpaired) electrons. The molecule has 0 bridgehead atoms. The lowest BCUT2D eigenvalue weighted by molar-refractivity contribution is -0.122. The molecule has 7 nitrogen and oxygen atoms in total. The molecule has 1 saturated heterocycles. The number of ether oxygens (including phenoxy) is 1. The molecule has 3 heterocycles. The minimum absolute atomic E-state index is 0.0231. The number of hydrogen-bond acceptors (Lipinski definition) is 4. The first-order valence-electron chi connectivity index (χ1n) is 11.0. The van der Waals surface area contributed by atoms with E-state index in [4.69, 9.17) is 4.74 Å².